The maximum absolute atomic E-state index is 12.0. The first-order chi connectivity index (χ1) is 9.61. The van der Waals surface area contributed by atoms with Crippen LogP contribution in [0.25, 0.3) is 0 Å². The van der Waals surface area contributed by atoms with Crippen molar-refractivity contribution >= 4 is 29.1 Å². The molecular formula is C15H19ClN2O2. The topological polar surface area (TPSA) is 49.4 Å². The van der Waals surface area contributed by atoms with Crippen LogP contribution in [0.4, 0.5) is 5.69 Å². The highest BCUT2D eigenvalue weighted by molar-refractivity contribution is 6.30. The van der Waals surface area contributed by atoms with E-state index < -0.39 is 0 Å². The minimum atomic E-state index is -0.255. The fraction of sp³-hybridized carbons (Fsp3) is 0.467. The van der Waals surface area contributed by atoms with E-state index in [-0.39, 0.29) is 24.2 Å². The predicted octanol–water partition coefficient (Wildman–Crippen LogP) is 2.61. The van der Waals surface area contributed by atoms with Crippen molar-refractivity contribution in [3.63, 3.8) is 0 Å². The van der Waals surface area contributed by atoms with Gasteiger partial charge in [-0.3, -0.25) is 9.59 Å². The Morgan fingerprint density at radius 1 is 1.40 bits per heavy atom. The molecule has 1 aromatic rings. The summed E-state index contributed by atoms with van der Waals surface area (Å²) in [6.45, 7) is 3.20. The summed E-state index contributed by atoms with van der Waals surface area (Å²) in [6, 6.07) is 7.10. The molecule has 0 bridgehead atoms. The van der Waals surface area contributed by atoms with Gasteiger partial charge in [0.05, 0.1) is 5.92 Å². The largest absolute Gasteiger partial charge is 0.356 e. The lowest BCUT2D eigenvalue weighted by atomic mass is 10.1. The quantitative estimate of drug-likeness (QED) is 0.849. The Balaban J connectivity index is 1.96. The molecule has 5 heteroatoms. The molecule has 0 aliphatic carbocycles. The third-order valence-corrected chi connectivity index (χ3v) is 3.72. The summed E-state index contributed by atoms with van der Waals surface area (Å²) in [5.41, 5.74) is 0.795. The number of anilines is 1. The van der Waals surface area contributed by atoms with Crippen molar-refractivity contribution in [2.24, 2.45) is 5.92 Å². The zero-order valence-electron chi connectivity index (χ0n) is 11.6. The van der Waals surface area contributed by atoms with E-state index in [1.165, 1.54) is 0 Å². The van der Waals surface area contributed by atoms with Gasteiger partial charge in [0.1, 0.15) is 0 Å². The van der Waals surface area contributed by atoms with Crippen LogP contribution in [0.3, 0.4) is 0 Å². The van der Waals surface area contributed by atoms with E-state index in [2.05, 4.69) is 12.2 Å². The van der Waals surface area contributed by atoms with Crippen LogP contribution < -0.4 is 10.2 Å². The number of amides is 2. The highest BCUT2D eigenvalue weighted by Gasteiger charge is 2.34. The molecule has 1 aliphatic heterocycles. The number of carbonyl (C=O) groups excluding carboxylic acids is 2. The molecule has 20 heavy (non-hydrogen) atoms. The predicted molar refractivity (Wildman–Crippen MR) is 79.8 cm³/mol. The number of halogens is 1. The molecule has 108 valence electrons. The number of nitrogens with one attached hydrogen (secondary N) is 1. The van der Waals surface area contributed by atoms with E-state index in [1.807, 2.05) is 0 Å². The van der Waals surface area contributed by atoms with Gasteiger partial charge in [-0.25, -0.2) is 0 Å². The van der Waals surface area contributed by atoms with Crippen molar-refractivity contribution in [3.8, 4) is 0 Å². The second-order valence-electron chi connectivity index (χ2n) is 5.03. The average molecular weight is 295 g/mol. The molecule has 1 fully saturated rings. The summed E-state index contributed by atoms with van der Waals surface area (Å²) in [4.78, 5) is 25.7. The van der Waals surface area contributed by atoms with Gasteiger partial charge in [-0.2, -0.15) is 0 Å². The number of hydrogen-bond acceptors (Lipinski definition) is 2. The van der Waals surface area contributed by atoms with Crippen molar-refractivity contribution in [1.29, 1.82) is 0 Å². The Kier molecular flexibility index (Phi) is 5.01. The summed E-state index contributed by atoms with van der Waals surface area (Å²) < 4.78 is 0. The van der Waals surface area contributed by atoms with Gasteiger partial charge in [-0.05, 0) is 30.7 Å². The first-order valence-corrected chi connectivity index (χ1v) is 7.33. The third kappa shape index (κ3) is 3.51. The summed E-state index contributed by atoms with van der Waals surface area (Å²) in [5, 5.41) is 3.52. The van der Waals surface area contributed by atoms with E-state index in [1.54, 1.807) is 29.2 Å². The third-order valence-electron chi connectivity index (χ3n) is 3.46. The van der Waals surface area contributed by atoms with Crippen LogP contribution in [0.2, 0.25) is 5.02 Å². The molecule has 1 heterocycles. The van der Waals surface area contributed by atoms with Gasteiger partial charge < -0.3 is 10.2 Å². The highest BCUT2D eigenvalue weighted by Crippen LogP contribution is 2.26. The van der Waals surface area contributed by atoms with Gasteiger partial charge in [0.15, 0.2) is 0 Å². The molecule has 0 unspecified atom stereocenters. The number of benzene rings is 1. The number of nitrogens with zero attached hydrogens (tertiary/aromatic N) is 1. The average Bonchev–Trinajstić information content (AvgIpc) is 2.82. The standard InChI is InChI=1S/C15H19ClN2O2/c1-2-3-8-17-15(20)11-9-14(19)18(10-11)13-6-4-12(16)5-7-13/h4-7,11H,2-3,8-10H2,1H3,(H,17,20)/t11-/m0/s1. The molecule has 2 rings (SSSR count). The Hall–Kier alpha value is -1.55. The van der Waals surface area contributed by atoms with Crippen molar-refractivity contribution in [1.82, 2.24) is 5.32 Å². The lowest BCUT2D eigenvalue weighted by Gasteiger charge is -2.16. The first-order valence-electron chi connectivity index (χ1n) is 6.95. The Morgan fingerprint density at radius 3 is 2.75 bits per heavy atom. The van der Waals surface area contributed by atoms with Gasteiger partial charge in [0.2, 0.25) is 11.8 Å². The maximum Gasteiger partial charge on any atom is 0.227 e. The van der Waals surface area contributed by atoms with E-state index in [0.717, 1.165) is 18.5 Å². The minimum absolute atomic E-state index is 0.0111. The molecule has 1 saturated heterocycles. The Labute approximate surface area is 124 Å². The van der Waals surface area contributed by atoms with Crippen LogP contribution in [0.5, 0.6) is 0 Å². The molecule has 1 aromatic carbocycles. The van der Waals surface area contributed by atoms with Crippen LogP contribution in [-0.4, -0.2) is 24.9 Å². The van der Waals surface area contributed by atoms with Crippen LogP contribution in [0.1, 0.15) is 26.2 Å². The first kappa shape index (κ1) is 14.9. The van der Waals surface area contributed by atoms with Gasteiger partial charge in [0, 0.05) is 30.2 Å². The molecule has 1 aliphatic rings. The van der Waals surface area contributed by atoms with E-state index in [0.29, 0.717) is 18.1 Å². The molecule has 0 saturated carbocycles. The van der Waals surface area contributed by atoms with Gasteiger partial charge in [-0.1, -0.05) is 24.9 Å². The molecule has 0 radical (unpaired) electrons. The number of hydrogen-bond donors (Lipinski definition) is 1. The molecule has 2 amide bonds. The fourth-order valence-electron chi connectivity index (χ4n) is 2.29. The summed E-state index contributed by atoms with van der Waals surface area (Å²) in [7, 11) is 0. The minimum Gasteiger partial charge on any atom is -0.356 e. The van der Waals surface area contributed by atoms with Crippen molar-refractivity contribution in [2.45, 2.75) is 26.2 Å². The zero-order valence-corrected chi connectivity index (χ0v) is 12.3. The molecule has 1 N–H and O–H groups in total. The fourth-order valence-corrected chi connectivity index (χ4v) is 2.41. The normalized spacial score (nSPS) is 18.4. The van der Waals surface area contributed by atoms with Crippen LogP contribution in [-0.2, 0) is 9.59 Å². The molecular weight excluding hydrogens is 276 g/mol. The maximum atomic E-state index is 12.0. The smallest absolute Gasteiger partial charge is 0.227 e. The van der Waals surface area contributed by atoms with Crippen LogP contribution in [0, 0.1) is 5.92 Å². The molecule has 0 spiro atoms. The van der Waals surface area contributed by atoms with Crippen molar-refractivity contribution in [3.05, 3.63) is 29.3 Å². The Morgan fingerprint density at radius 2 is 2.10 bits per heavy atom. The summed E-state index contributed by atoms with van der Waals surface area (Å²) >= 11 is 5.84. The van der Waals surface area contributed by atoms with Gasteiger partial charge in [-0.15, -0.1) is 0 Å². The van der Waals surface area contributed by atoms with E-state index in [4.69, 9.17) is 11.6 Å². The second-order valence-corrected chi connectivity index (χ2v) is 5.46. The number of unbranched alkanes of at least 4 members (excludes halogenated alkanes) is 1. The second kappa shape index (κ2) is 6.75. The Bertz CT molecular complexity index is 487. The van der Waals surface area contributed by atoms with E-state index in [9.17, 15) is 9.59 Å². The highest BCUT2D eigenvalue weighted by atomic mass is 35.5. The van der Waals surface area contributed by atoms with Crippen LogP contribution in [0.15, 0.2) is 24.3 Å². The van der Waals surface area contributed by atoms with Gasteiger partial charge >= 0.3 is 0 Å². The lowest BCUT2D eigenvalue weighted by molar-refractivity contribution is -0.126. The number of carbonyl (C=O) groups is 2. The van der Waals surface area contributed by atoms with Crippen molar-refractivity contribution in [2.75, 3.05) is 18.0 Å². The molecule has 1 atom stereocenters. The SMILES string of the molecule is CCCCNC(=O)[C@H]1CC(=O)N(c2ccc(Cl)cc2)C1. The number of rotatable bonds is 5. The summed E-state index contributed by atoms with van der Waals surface area (Å²) in [5.74, 6) is -0.290. The van der Waals surface area contributed by atoms with Gasteiger partial charge in [0.25, 0.3) is 0 Å². The van der Waals surface area contributed by atoms with Crippen LogP contribution >= 0.6 is 11.6 Å². The molecule has 0 aromatic heterocycles. The zero-order chi connectivity index (χ0) is 14.5. The summed E-state index contributed by atoms with van der Waals surface area (Å²) in [6.07, 6.45) is 2.29. The molecule has 4 nitrogen and oxygen atoms in total. The van der Waals surface area contributed by atoms with E-state index >= 15 is 0 Å². The monoisotopic (exact) mass is 294 g/mol. The van der Waals surface area contributed by atoms with Crippen molar-refractivity contribution < 1.29 is 9.59 Å². The lowest BCUT2D eigenvalue weighted by Crippen LogP contribution is -2.33.